The molecule has 3 rings (SSSR count). The Kier molecular flexibility index (Phi) is 8.12. The van der Waals surface area contributed by atoms with Crippen molar-refractivity contribution >= 4 is 11.6 Å². The number of carbonyl (C=O) groups is 1. The number of methoxy groups -OCH3 is 1. The van der Waals surface area contributed by atoms with E-state index in [-0.39, 0.29) is 5.91 Å². The van der Waals surface area contributed by atoms with Crippen LogP contribution in [0, 0.1) is 0 Å². The Morgan fingerprint density at radius 3 is 2.20 bits per heavy atom. The minimum Gasteiger partial charge on any atom is -0.490 e. The Bertz CT molecular complexity index is 930. The summed E-state index contributed by atoms with van der Waals surface area (Å²) in [5, 5.41) is 2.88. The van der Waals surface area contributed by atoms with Crippen LogP contribution in [-0.2, 0) is 4.74 Å². The molecule has 0 spiro atoms. The van der Waals surface area contributed by atoms with Crippen molar-refractivity contribution in [1.82, 2.24) is 0 Å². The quantitative estimate of drug-likeness (QED) is 0.477. The summed E-state index contributed by atoms with van der Waals surface area (Å²) in [6, 6.07) is 23.9. The van der Waals surface area contributed by atoms with Crippen LogP contribution in [0.1, 0.15) is 10.4 Å². The molecule has 0 aliphatic carbocycles. The lowest BCUT2D eigenvalue weighted by Gasteiger charge is -2.12. The summed E-state index contributed by atoms with van der Waals surface area (Å²) in [6.07, 6.45) is 0. The van der Waals surface area contributed by atoms with Crippen LogP contribution < -0.4 is 19.5 Å². The lowest BCUT2D eigenvalue weighted by molar-refractivity contribution is 0.101. The molecular formula is C24H25NO5. The largest absolute Gasteiger partial charge is 0.490 e. The van der Waals surface area contributed by atoms with Gasteiger partial charge in [0.2, 0.25) is 0 Å². The molecule has 0 aliphatic rings. The molecule has 0 fully saturated rings. The molecule has 0 atom stereocenters. The Morgan fingerprint density at radius 1 is 0.733 bits per heavy atom. The third kappa shape index (κ3) is 6.53. The fraction of sp³-hybridized carbons (Fsp3) is 0.208. The number of nitrogens with one attached hydrogen (secondary N) is 1. The van der Waals surface area contributed by atoms with Crippen LogP contribution in [0.4, 0.5) is 5.69 Å². The Balaban J connectivity index is 1.54. The number of ether oxygens (including phenoxy) is 4. The Hall–Kier alpha value is -3.51. The van der Waals surface area contributed by atoms with Gasteiger partial charge in [-0.3, -0.25) is 4.79 Å². The van der Waals surface area contributed by atoms with E-state index < -0.39 is 0 Å². The van der Waals surface area contributed by atoms with Gasteiger partial charge in [0.05, 0.1) is 12.2 Å². The molecule has 0 heterocycles. The number of para-hydroxylation sites is 2. The van der Waals surface area contributed by atoms with E-state index in [0.717, 1.165) is 5.75 Å². The van der Waals surface area contributed by atoms with Gasteiger partial charge in [0.1, 0.15) is 37.1 Å². The minimum absolute atomic E-state index is 0.257. The van der Waals surface area contributed by atoms with Gasteiger partial charge in [0.15, 0.2) is 0 Å². The second-order valence-electron chi connectivity index (χ2n) is 6.33. The first-order chi connectivity index (χ1) is 14.8. The van der Waals surface area contributed by atoms with Crippen molar-refractivity contribution < 1.29 is 23.7 Å². The van der Waals surface area contributed by atoms with E-state index in [9.17, 15) is 4.79 Å². The topological polar surface area (TPSA) is 66.0 Å². The summed E-state index contributed by atoms with van der Waals surface area (Å²) >= 11 is 0. The van der Waals surface area contributed by atoms with Gasteiger partial charge in [0, 0.05) is 18.9 Å². The predicted octanol–water partition coefficient (Wildman–Crippen LogP) is 4.42. The number of benzene rings is 3. The molecule has 156 valence electrons. The molecule has 6 heteroatoms. The lowest BCUT2D eigenvalue weighted by Crippen LogP contribution is -2.15. The summed E-state index contributed by atoms with van der Waals surface area (Å²) in [5.74, 6) is 1.70. The third-order valence-electron chi connectivity index (χ3n) is 4.13. The van der Waals surface area contributed by atoms with Gasteiger partial charge < -0.3 is 24.3 Å². The van der Waals surface area contributed by atoms with E-state index in [1.807, 2.05) is 48.5 Å². The van der Waals surface area contributed by atoms with Crippen molar-refractivity contribution in [2.75, 3.05) is 38.9 Å². The highest BCUT2D eigenvalue weighted by Gasteiger charge is 2.12. The first-order valence-electron chi connectivity index (χ1n) is 9.69. The summed E-state index contributed by atoms with van der Waals surface area (Å²) in [6.45, 7) is 1.63. The van der Waals surface area contributed by atoms with Crippen LogP contribution >= 0.6 is 0 Å². The average Bonchev–Trinajstić information content (AvgIpc) is 2.78. The van der Waals surface area contributed by atoms with E-state index in [1.54, 1.807) is 37.4 Å². The van der Waals surface area contributed by atoms with Gasteiger partial charge in [-0.15, -0.1) is 0 Å². The minimum atomic E-state index is -0.257. The average molecular weight is 407 g/mol. The number of amides is 1. The van der Waals surface area contributed by atoms with Crippen molar-refractivity contribution in [3.63, 3.8) is 0 Å². The molecule has 3 aromatic carbocycles. The molecule has 30 heavy (non-hydrogen) atoms. The normalized spacial score (nSPS) is 10.3. The van der Waals surface area contributed by atoms with E-state index in [0.29, 0.717) is 49.2 Å². The summed E-state index contributed by atoms with van der Waals surface area (Å²) in [5.41, 5.74) is 1.09. The molecule has 6 nitrogen and oxygen atoms in total. The molecule has 0 saturated carbocycles. The zero-order valence-corrected chi connectivity index (χ0v) is 16.9. The maximum absolute atomic E-state index is 12.7. The lowest BCUT2D eigenvalue weighted by atomic mass is 10.2. The van der Waals surface area contributed by atoms with E-state index in [2.05, 4.69) is 5.32 Å². The maximum atomic E-state index is 12.7. The molecule has 0 radical (unpaired) electrons. The third-order valence-corrected chi connectivity index (χ3v) is 4.13. The molecule has 0 aliphatic heterocycles. The van der Waals surface area contributed by atoms with E-state index >= 15 is 0 Å². The zero-order valence-electron chi connectivity index (χ0n) is 16.9. The first-order valence-corrected chi connectivity index (χ1v) is 9.69. The molecule has 0 saturated heterocycles. The van der Waals surface area contributed by atoms with Crippen molar-refractivity contribution in [3.8, 4) is 17.2 Å². The van der Waals surface area contributed by atoms with Crippen molar-refractivity contribution in [3.05, 3.63) is 84.4 Å². The second kappa shape index (κ2) is 11.5. The van der Waals surface area contributed by atoms with E-state index in [4.69, 9.17) is 18.9 Å². The highest BCUT2D eigenvalue weighted by atomic mass is 16.5. The molecule has 0 unspecified atom stereocenters. The fourth-order valence-corrected chi connectivity index (χ4v) is 2.71. The van der Waals surface area contributed by atoms with Crippen LogP contribution in [0.25, 0.3) is 0 Å². The highest BCUT2D eigenvalue weighted by Crippen LogP contribution is 2.22. The predicted molar refractivity (Wildman–Crippen MR) is 116 cm³/mol. The SMILES string of the molecule is COCCOc1ccccc1C(=O)Nc1cccc(OCCOc2ccccc2)c1. The van der Waals surface area contributed by atoms with E-state index in [1.165, 1.54) is 0 Å². The molecule has 0 aromatic heterocycles. The van der Waals surface area contributed by atoms with Crippen molar-refractivity contribution in [1.29, 1.82) is 0 Å². The molecular weight excluding hydrogens is 382 g/mol. The van der Waals surface area contributed by atoms with Crippen LogP contribution in [-0.4, -0.2) is 39.4 Å². The number of hydrogen-bond donors (Lipinski definition) is 1. The second-order valence-corrected chi connectivity index (χ2v) is 6.33. The van der Waals surface area contributed by atoms with Crippen LogP contribution in [0.5, 0.6) is 17.2 Å². The van der Waals surface area contributed by atoms with Gasteiger partial charge in [-0.2, -0.15) is 0 Å². The van der Waals surface area contributed by atoms with Crippen LogP contribution in [0.3, 0.4) is 0 Å². The summed E-state index contributed by atoms with van der Waals surface area (Å²) in [7, 11) is 1.60. The highest BCUT2D eigenvalue weighted by molar-refractivity contribution is 6.06. The van der Waals surface area contributed by atoms with Crippen molar-refractivity contribution in [2.45, 2.75) is 0 Å². The summed E-state index contributed by atoms with van der Waals surface area (Å²) < 4.78 is 22.0. The summed E-state index contributed by atoms with van der Waals surface area (Å²) in [4.78, 5) is 12.7. The van der Waals surface area contributed by atoms with Gasteiger partial charge >= 0.3 is 0 Å². The Labute approximate surface area is 176 Å². The molecule has 0 bridgehead atoms. The number of anilines is 1. The first kappa shape index (κ1) is 21.2. The van der Waals surface area contributed by atoms with Crippen LogP contribution in [0.2, 0.25) is 0 Å². The van der Waals surface area contributed by atoms with Gasteiger partial charge in [0.25, 0.3) is 5.91 Å². The van der Waals surface area contributed by atoms with Gasteiger partial charge in [-0.1, -0.05) is 36.4 Å². The molecule has 1 amide bonds. The molecule has 3 aromatic rings. The Morgan fingerprint density at radius 2 is 1.40 bits per heavy atom. The monoisotopic (exact) mass is 407 g/mol. The maximum Gasteiger partial charge on any atom is 0.259 e. The number of hydrogen-bond acceptors (Lipinski definition) is 5. The fourth-order valence-electron chi connectivity index (χ4n) is 2.71. The van der Waals surface area contributed by atoms with Gasteiger partial charge in [-0.25, -0.2) is 0 Å². The standard InChI is InChI=1S/C24H25NO5/c1-27-14-15-30-23-13-6-5-12-22(23)24(26)25-19-8-7-11-21(18-19)29-17-16-28-20-9-3-2-4-10-20/h2-13,18H,14-17H2,1H3,(H,25,26). The smallest absolute Gasteiger partial charge is 0.259 e. The molecule has 1 N–H and O–H groups in total. The van der Waals surface area contributed by atoms with Gasteiger partial charge in [-0.05, 0) is 36.4 Å². The number of carbonyl (C=O) groups excluding carboxylic acids is 1. The zero-order chi connectivity index (χ0) is 21.0. The number of rotatable bonds is 11. The van der Waals surface area contributed by atoms with Crippen molar-refractivity contribution in [2.24, 2.45) is 0 Å². The van der Waals surface area contributed by atoms with Crippen LogP contribution in [0.15, 0.2) is 78.9 Å².